The number of nitrogens with two attached hydrogens (primary N) is 4. The number of H-pyrrole nitrogens is 1. The van der Waals surface area contributed by atoms with Gasteiger partial charge in [0, 0.05) is 36.5 Å². The minimum atomic E-state index is -1.71. The molecule has 0 aliphatic rings. The number of benzene rings is 2. The lowest BCUT2D eigenvalue weighted by atomic mass is 10.0. The van der Waals surface area contributed by atoms with Crippen molar-refractivity contribution in [3.05, 3.63) is 71.9 Å². The van der Waals surface area contributed by atoms with Gasteiger partial charge in [0.1, 0.15) is 36.3 Å². The van der Waals surface area contributed by atoms with Gasteiger partial charge in [0.15, 0.2) is 5.96 Å². The van der Waals surface area contributed by atoms with Gasteiger partial charge in [-0.2, -0.15) is 0 Å². The number of aromatic nitrogens is 1. The van der Waals surface area contributed by atoms with Gasteiger partial charge < -0.3 is 75.1 Å². The average Bonchev–Trinajstić information content (AvgIpc) is 3.64. The molecule has 18 N–H and O–H groups in total. The second-order valence-corrected chi connectivity index (χ2v) is 14.2. The number of carbonyl (C=O) groups is 8. The molecular formula is C39H54N12O11. The molecule has 0 unspecified atom stereocenters. The number of nitrogens with zero attached hydrogens (tertiary/aromatic N) is 1. The van der Waals surface area contributed by atoms with E-state index in [2.05, 4.69) is 41.9 Å². The molecule has 3 rings (SSSR count). The van der Waals surface area contributed by atoms with Crippen molar-refractivity contribution in [1.82, 2.24) is 36.9 Å². The van der Waals surface area contributed by atoms with Crippen molar-refractivity contribution in [3.8, 4) is 0 Å². The number of hydrogen-bond acceptors (Lipinski definition) is 12. The first-order valence-electron chi connectivity index (χ1n) is 19.4. The molecule has 23 heteroatoms. The highest BCUT2D eigenvalue weighted by Crippen LogP contribution is 2.19. The van der Waals surface area contributed by atoms with Crippen LogP contribution in [0.5, 0.6) is 0 Å². The summed E-state index contributed by atoms with van der Waals surface area (Å²) in [6.45, 7) is -0.377. The van der Waals surface area contributed by atoms with Crippen molar-refractivity contribution >= 4 is 64.2 Å². The maximum atomic E-state index is 14.2. The Morgan fingerprint density at radius 2 is 1.29 bits per heavy atom. The maximum absolute atomic E-state index is 14.2. The van der Waals surface area contributed by atoms with Crippen LogP contribution in [0, 0.1) is 0 Å². The summed E-state index contributed by atoms with van der Waals surface area (Å²) in [6.07, 6.45) is -0.701. The molecule has 0 bridgehead atoms. The Bertz CT molecular complexity index is 2070. The number of primary amides is 1. The quantitative estimate of drug-likeness (QED) is 0.0216. The molecule has 0 saturated carbocycles. The van der Waals surface area contributed by atoms with Crippen molar-refractivity contribution in [3.63, 3.8) is 0 Å². The highest BCUT2D eigenvalue weighted by atomic mass is 16.4. The Morgan fingerprint density at radius 1 is 0.726 bits per heavy atom. The molecule has 0 saturated heterocycles. The highest BCUT2D eigenvalue weighted by molar-refractivity contribution is 5.98. The van der Waals surface area contributed by atoms with E-state index in [1.54, 1.807) is 60.8 Å². The summed E-state index contributed by atoms with van der Waals surface area (Å²) in [4.78, 5) is 111. The summed E-state index contributed by atoms with van der Waals surface area (Å²) in [7, 11) is 0. The lowest BCUT2D eigenvalue weighted by Gasteiger charge is -2.27. The van der Waals surface area contributed by atoms with Crippen LogP contribution in [-0.2, 0) is 51.2 Å². The molecule has 2 aromatic carbocycles. The molecule has 3 aromatic rings. The molecule has 0 fully saturated rings. The normalized spacial score (nSPS) is 14.3. The topological polar surface area (TPSA) is 402 Å². The Hall–Kier alpha value is -7.11. The fourth-order valence-corrected chi connectivity index (χ4v) is 6.00. The number of aliphatic hydroxyl groups excluding tert-OH is 2. The van der Waals surface area contributed by atoms with E-state index >= 15 is 0 Å². The van der Waals surface area contributed by atoms with Crippen molar-refractivity contribution in [2.75, 3.05) is 19.7 Å². The molecule has 0 spiro atoms. The Balaban J connectivity index is 1.93. The number of rotatable bonds is 25. The van der Waals surface area contributed by atoms with Gasteiger partial charge in [0.05, 0.1) is 25.7 Å². The fraction of sp³-hybridized carbons (Fsp3) is 0.410. The molecule has 0 aliphatic heterocycles. The van der Waals surface area contributed by atoms with E-state index in [0.29, 0.717) is 22.0 Å². The van der Waals surface area contributed by atoms with Crippen molar-refractivity contribution in [1.29, 1.82) is 0 Å². The summed E-state index contributed by atoms with van der Waals surface area (Å²) in [6, 6.07) is 6.38. The number of aliphatic hydroxyl groups is 2. The number of carbonyl (C=O) groups excluding carboxylic acids is 7. The number of carboxylic acid groups (broad SMARTS) is 1. The monoisotopic (exact) mass is 866 g/mol. The number of amides is 7. The number of hydrogen-bond donors (Lipinski definition) is 14. The van der Waals surface area contributed by atoms with Gasteiger partial charge in [0.25, 0.3) is 0 Å². The van der Waals surface area contributed by atoms with Gasteiger partial charge in [-0.25, -0.2) is 4.79 Å². The lowest BCUT2D eigenvalue weighted by molar-refractivity contribution is -0.143. The molecule has 62 heavy (non-hydrogen) atoms. The zero-order chi connectivity index (χ0) is 45.9. The van der Waals surface area contributed by atoms with Crippen LogP contribution in [0.15, 0.2) is 65.8 Å². The van der Waals surface area contributed by atoms with Gasteiger partial charge in [-0.1, -0.05) is 48.5 Å². The number of guanidine groups is 1. The number of aliphatic carboxylic acids is 1. The second kappa shape index (κ2) is 24.2. The zero-order valence-electron chi connectivity index (χ0n) is 33.8. The third-order valence-electron chi connectivity index (χ3n) is 9.33. The number of para-hydroxylation sites is 1. The van der Waals surface area contributed by atoms with E-state index in [1.807, 2.05) is 0 Å². The first-order valence-corrected chi connectivity index (χ1v) is 19.4. The molecule has 336 valence electrons. The van der Waals surface area contributed by atoms with E-state index < -0.39 is 109 Å². The number of carboxylic acids is 1. The molecule has 7 amide bonds. The van der Waals surface area contributed by atoms with Crippen LogP contribution in [0.25, 0.3) is 10.9 Å². The highest BCUT2D eigenvalue weighted by Gasteiger charge is 2.33. The summed E-state index contributed by atoms with van der Waals surface area (Å²) < 4.78 is 0. The van der Waals surface area contributed by atoms with Gasteiger partial charge >= 0.3 is 5.97 Å². The Kier molecular flexibility index (Phi) is 19.2. The molecule has 7 atom stereocenters. The maximum Gasteiger partial charge on any atom is 0.328 e. The number of aromatic amines is 1. The fourth-order valence-electron chi connectivity index (χ4n) is 6.00. The van der Waals surface area contributed by atoms with E-state index in [4.69, 9.17) is 22.9 Å². The van der Waals surface area contributed by atoms with Crippen LogP contribution in [0.4, 0.5) is 0 Å². The molecular weight excluding hydrogens is 813 g/mol. The van der Waals surface area contributed by atoms with E-state index in [1.165, 1.54) is 6.92 Å². The van der Waals surface area contributed by atoms with Crippen LogP contribution in [0.3, 0.4) is 0 Å². The Labute approximate surface area is 355 Å². The SMILES string of the molecule is C[C@@H](O)[C@H](N)C(=O)NCC(=O)N[C@@H](CC(N)=O)C(=O)N[C@@H](Cc1ccccc1)C(=O)N[C@@H](CCCN=C(N)N)C(=O)N[C@@H](Cc1c[nH]c2ccccc12)C(=O)N[C@@H](CO)C(=O)O. The van der Waals surface area contributed by atoms with Crippen LogP contribution < -0.4 is 54.8 Å². The minimum absolute atomic E-state index is 0.0160. The minimum Gasteiger partial charge on any atom is -0.480 e. The Morgan fingerprint density at radius 3 is 1.89 bits per heavy atom. The molecule has 0 aliphatic carbocycles. The number of fused-ring (bicyclic) bond motifs is 1. The predicted molar refractivity (Wildman–Crippen MR) is 223 cm³/mol. The third kappa shape index (κ3) is 15.8. The predicted octanol–water partition coefficient (Wildman–Crippen LogP) is -4.79. The summed E-state index contributed by atoms with van der Waals surface area (Å²) >= 11 is 0. The summed E-state index contributed by atoms with van der Waals surface area (Å²) in [5.41, 5.74) is 23.7. The first kappa shape index (κ1) is 49.3. The van der Waals surface area contributed by atoms with Gasteiger partial charge in [0.2, 0.25) is 41.4 Å². The standard InChI is InChI=1S/C39H54N12O11/c1-20(53)32(41)37(60)46-18-31(55)47-28(16-30(40)54)36(59)49-26(14-21-8-3-2-4-9-21)34(57)48-25(12-7-13-44-39(42)43)33(56)50-27(35(58)51-29(19-52)38(61)62)15-22-17-45-24-11-6-5-10-23(22)24/h2-6,8-11,17,20,25-29,32,45,52-53H,7,12-16,18-19,41H2,1H3,(H2,40,54)(H,46,60)(H,47,55)(H,48,57)(H,49,59)(H,50,56)(H,51,58)(H,61,62)(H4,42,43,44)/t20-,25+,26+,27+,28+,29+,32+/m1/s1. The molecule has 23 nitrogen and oxygen atoms in total. The summed E-state index contributed by atoms with van der Waals surface area (Å²) in [5, 5.41) is 43.7. The first-order chi connectivity index (χ1) is 29.4. The van der Waals surface area contributed by atoms with Crippen molar-refractivity contribution < 1.29 is 53.7 Å². The van der Waals surface area contributed by atoms with Crippen LogP contribution in [0.2, 0.25) is 0 Å². The second-order valence-electron chi connectivity index (χ2n) is 14.2. The van der Waals surface area contributed by atoms with Crippen molar-refractivity contribution in [2.45, 2.75) is 81.4 Å². The third-order valence-corrected chi connectivity index (χ3v) is 9.33. The van der Waals surface area contributed by atoms with E-state index in [-0.39, 0.29) is 38.2 Å². The lowest BCUT2D eigenvalue weighted by Crippen LogP contribution is -2.60. The number of aliphatic imine (C=N–C) groups is 1. The smallest absolute Gasteiger partial charge is 0.328 e. The zero-order valence-corrected chi connectivity index (χ0v) is 33.8. The van der Waals surface area contributed by atoms with E-state index in [9.17, 15) is 53.7 Å². The molecule has 1 heterocycles. The van der Waals surface area contributed by atoms with Crippen molar-refractivity contribution in [2.24, 2.45) is 27.9 Å². The van der Waals surface area contributed by atoms with Crippen LogP contribution in [0.1, 0.15) is 37.3 Å². The average molecular weight is 867 g/mol. The number of nitrogens with one attached hydrogen (secondary N) is 7. The molecule has 1 aromatic heterocycles. The summed E-state index contributed by atoms with van der Waals surface area (Å²) in [5.74, 6) is -8.42. The largest absolute Gasteiger partial charge is 0.480 e. The van der Waals surface area contributed by atoms with Crippen LogP contribution >= 0.6 is 0 Å². The van der Waals surface area contributed by atoms with Gasteiger partial charge in [-0.3, -0.25) is 38.6 Å². The van der Waals surface area contributed by atoms with Gasteiger partial charge in [-0.05, 0) is 37.0 Å². The van der Waals surface area contributed by atoms with Crippen LogP contribution in [-0.4, -0.2) is 136 Å². The molecule has 0 radical (unpaired) electrons. The van der Waals surface area contributed by atoms with E-state index in [0.717, 1.165) is 0 Å². The van der Waals surface area contributed by atoms with Gasteiger partial charge in [-0.15, -0.1) is 0 Å².